The lowest BCUT2D eigenvalue weighted by Crippen LogP contribution is -2.37. The Labute approximate surface area is 118 Å². The van der Waals surface area contributed by atoms with Crippen molar-refractivity contribution in [1.29, 1.82) is 0 Å². The van der Waals surface area contributed by atoms with E-state index in [0.717, 1.165) is 12.6 Å². The van der Waals surface area contributed by atoms with Gasteiger partial charge in [-0.25, -0.2) is 0 Å². The second kappa shape index (κ2) is 6.42. The van der Waals surface area contributed by atoms with Gasteiger partial charge in [0.15, 0.2) is 0 Å². The molecule has 2 nitrogen and oxygen atoms in total. The van der Waals surface area contributed by atoms with Crippen LogP contribution in [0.5, 0.6) is 0 Å². The number of aryl methyl sites for hydroxylation is 3. The van der Waals surface area contributed by atoms with Crippen LogP contribution in [0.25, 0.3) is 0 Å². The normalized spacial score (nSPS) is 19.5. The highest BCUT2D eigenvalue weighted by atomic mass is 15.1. The molecule has 19 heavy (non-hydrogen) atoms. The van der Waals surface area contributed by atoms with Crippen LogP contribution in [-0.4, -0.2) is 26.2 Å². The van der Waals surface area contributed by atoms with E-state index in [4.69, 9.17) is 0 Å². The summed E-state index contributed by atoms with van der Waals surface area (Å²) < 4.78 is 0. The molecular weight excluding hydrogens is 232 g/mol. The van der Waals surface area contributed by atoms with E-state index in [0.29, 0.717) is 0 Å². The first-order valence-electron chi connectivity index (χ1n) is 7.60. The van der Waals surface area contributed by atoms with Crippen LogP contribution in [0, 0.1) is 20.8 Å². The number of hydrogen-bond acceptors (Lipinski definition) is 2. The van der Waals surface area contributed by atoms with Gasteiger partial charge in [0.25, 0.3) is 0 Å². The summed E-state index contributed by atoms with van der Waals surface area (Å²) in [4.78, 5) is 2.43. The fourth-order valence-electron chi connectivity index (χ4n) is 3.41. The summed E-state index contributed by atoms with van der Waals surface area (Å²) >= 11 is 0. The highest BCUT2D eigenvalue weighted by molar-refractivity contribution is 5.59. The van der Waals surface area contributed by atoms with E-state index >= 15 is 0 Å². The molecule has 0 amide bonds. The van der Waals surface area contributed by atoms with Gasteiger partial charge in [0, 0.05) is 25.3 Å². The Morgan fingerprint density at radius 3 is 2.42 bits per heavy atom. The molecule has 1 aromatic rings. The van der Waals surface area contributed by atoms with Gasteiger partial charge in [-0.15, -0.1) is 0 Å². The Balaban J connectivity index is 1.97. The lowest BCUT2D eigenvalue weighted by atomic mass is 10.0. The average Bonchev–Trinajstić information content (AvgIpc) is 2.36. The summed E-state index contributed by atoms with van der Waals surface area (Å²) in [5.74, 6) is 0. The average molecular weight is 260 g/mol. The first kappa shape index (κ1) is 14.4. The number of nitrogens with zero attached hydrogens (tertiary/aromatic N) is 1. The summed E-state index contributed by atoms with van der Waals surface area (Å²) in [6, 6.07) is 5.30. The van der Waals surface area contributed by atoms with Crippen LogP contribution in [0.1, 0.15) is 42.4 Å². The molecule has 1 atom stereocenters. The number of anilines is 1. The predicted octanol–water partition coefficient (Wildman–Crippen LogP) is 3.58. The second-order valence-corrected chi connectivity index (χ2v) is 6.10. The minimum Gasteiger partial charge on any atom is -0.374 e. The zero-order valence-corrected chi connectivity index (χ0v) is 12.9. The molecule has 1 unspecified atom stereocenters. The lowest BCUT2D eigenvalue weighted by molar-refractivity contribution is 0.384. The van der Waals surface area contributed by atoms with Gasteiger partial charge >= 0.3 is 0 Å². The highest BCUT2D eigenvalue weighted by Crippen LogP contribution is 2.25. The minimum absolute atomic E-state index is 0.724. The molecule has 0 aromatic heterocycles. The molecule has 0 bridgehead atoms. The van der Waals surface area contributed by atoms with Crippen molar-refractivity contribution in [3.63, 3.8) is 0 Å². The van der Waals surface area contributed by atoms with Crippen molar-refractivity contribution < 1.29 is 0 Å². The molecule has 1 fully saturated rings. The van der Waals surface area contributed by atoms with E-state index in [2.05, 4.69) is 50.2 Å². The highest BCUT2D eigenvalue weighted by Gasteiger charge is 2.14. The standard InChI is InChI=1S/C17H28N2/c1-13-11-14(2)17(15(3)12-13)19(4)10-8-16-7-5-6-9-18-16/h11-12,16,18H,5-10H2,1-4H3. The maximum Gasteiger partial charge on any atom is 0.0423 e. The molecule has 0 spiro atoms. The topological polar surface area (TPSA) is 15.3 Å². The first-order valence-corrected chi connectivity index (χ1v) is 7.60. The molecule has 0 saturated carbocycles. The zero-order chi connectivity index (χ0) is 13.8. The quantitative estimate of drug-likeness (QED) is 0.890. The molecule has 1 aromatic carbocycles. The van der Waals surface area contributed by atoms with Crippen molar-refractivity contribution in [1.82, 2.24) is 5.32 Å². The molecule has 0 aliphatic carbocycles. The van der Waals surface area contributed by atoms with Gasteiger partial charge in [0.05, 0.1) is 0 Å². The Morgan fingerprint density at radius 1 is 1.16 bits per heavy atom. The van der Waals surface area contributed by atoms with Crippen molar-refractivity contribution in [2.24, 2.45) is 0 Å². The smallest absolute Gasteiger partial charge is 0.0423 e. The Morgan fingerprint density at radius 2 is 1.84 bits per heavy atom. The Kier molecular flexibility index (Phi) is 4.87. The number of piperidine rings is 1. The van der Waals surface area contributed by atoms with Crippen molar-refractivity contribution in [2.75, 3.05) is 25.0 Å². The van der Waals surface area contributed by atoms with Crippen LogP contribution in [0.2, 0.25) is 0 Å². The van der Waals surface area contributed by atoms with E-state index in [1.165, 1.54) is 54.6 Å². The van der Waals surface area contributed by atoms with Gasteiger partial charge in [-0.1, -0.05) is 24.1 Å². The SMILES string of the molecule is Cc1cc(C)c(N(C)CCC2CCCCN2)c(C)c1. The largest absolute Gasteiger partial charge is 0.374 e. The number of rotatable bonds is 4. The van der Waals surface area contributed by atoms with Gasteiger partial charge < -0.3 is 10.2 Å². The third-order valence-corrected chi connectivity index (χ3v) is 4.24. The van der Waals surface area contributed by atoms with Gasteiger partial charge in [-0.3, -0.25) is 0 Å². The van der Waals surface area contributed by atoms with Crippen LogP contribution in [0.3, 0.4) is 0 Å². The summed E-state index contributed by atoms with van der Waals surface area (Å²) in [6.45, 7) is 8.98. The molecule has 1 saturated heterocycles. The molecule has 0 radical (unpaired) electrons. The van der Waals surface area contributed by atoms with E-state index in [9.17, 15) is 0 Å². The molecule has 1 N–H and O–H groups in total. The Hall–Kier alpha value is -1.02. The van der Waals surface area contributed by atoms with E-state index in [1.54, 1.807) is 0 Å². The second-order valence-electron chi connectivity index (χ2n) is 6.10. The summed E-state index contributed by atoms with van der Waals surface area (Å²) in [6.07, 6.45) is 5.34. The summed E-state index contributed by atoms with van der Waals surface area (Å²) in [5.41, 5.74) is 5.58. The maximum atomic E-state index is 3.64. The maximum absolute atomic E-state index is 3.64. The summed E-state index contributed by atoms with van der Waals surface area (Å²) in [7, 11) is 2.23. The number of hydrogen-bond donors (Lipinski definition) is 1. The number of benzene rings is 1. The molecule has 106 valence electrons. The van der Waals surface area contributed by atoms with Crippen LogP contribution in [-0.2, 0) is 0 Å². The predicted molar refractivity (Wildman–Crippen MR) is 84.2 cm³/mol. The van der Waals surface area contributed by atoms with E-state index < -0.39 is 0 Å². The Bertz CT molecular complexity index is 396. The molecule has 1 heterocycles. The zero-order valence-electron chi connectivity index (χ0n) is 12.9. The van der Waals surface area contributed by atoms with Gasteiger partial charge in [-0.05, 0) is 57.7 Å². The lowest BCUT2D eigenvalue weighted by Gasteiger charge is -2.28. The van der Waals surface area contributed by atoms with Crippen LogP contribution < -0.4 is 10.2 Å². The van der Waals surface area contributed by atoms with Crippen molar-refractivity contribution in [3.05, 3.63) is 28.8 Å². The van der Waals surface area contributed by atoms with Crippen molar-refractivity contribution >= 4 is 5.69 Å². The third-order valence-electron chi connectivity index (χ3n) is 4.24. The van der Waals surface area contributed by atoms with Gasteiger partial charge in [0.2, 0.25) is 0 Å². The van der Waals surface area contributed by atoms with Crippen LogP contribution >= 0.6 is 0 Å². The van der Waals surface area contributed by atoms with Crippen molar-refractivity contribution in [2.45, 2.75) is 52.5 Å². The molecule has 2 rings (SSSR count). The molecule has 1 aliphatic heterocycles. The summed E-state index contributed by atoms with van der Waals surface area (Å²) in [5, 5.41) is 3.64. The molecule has 2 heteroatoms. The fourth-order valence-corrected chi connectivity index (χ4v) is 3.41. The number of nitrogens with one attached hydrogen (secondary N) is 1. The van der Waals surface area contributed by atoms with Crippen LogP contribution in [0.4, 0.5) is 5.69 Å². The third kappa shape index (κ3) is 3.73. The van der Waals surface area contributed by atoms with Gasteiger partial charge in [-0.2, -0.15) is 0 Å². The molecular formula is C17H28N2. The fraction of sp³-hybridized carbons (Fsp3) is 0.647. The van der Waals surface area contributed by atoms with Crippen molar-refractivity contribution in [3.8, 4) is 0 Å². The first-order chi connectivity index (χ1) is 9.08. The van der Waals surface area contributed by atoms with E-state index in [-0.39, 0.29) is 0 Å². The van der Waals surface area contributed by atoms with E-state index in [1.807, 2.05) is 0 Å². The monoisotopic (exact) mass is 260 g/mol. The van der Waals surface area contributed by atoms with Crippen LogP contribution in [0.15, 0.2) is 12.1 Å². The van der Waals surface area contributed by atoms with Gasteiger partial charge in [0.1, 0.15) is 0 Å². The molecule has 1 aliphatic rings. The minimum atomic E-state index is 0.724.